The van der Waals surface area contributed by atoms with Crippen LogP contribution in [0.4, 0.5) is 0 Å². The second kappa shape index (κ2) is 12.8. The maximum atomic E-state index is 12.5. The van der Waals surface area contributed by atoms with Gasteiger partial charge in [-0.2, -0.15) is 0 Å². The van der Waals surface area contributed by atoms with Crippen molar-refractivity contribution in [3.8, 4) is 5.75 Å². The molecular weight excluding hydrogens is 436 g/mol. The first kappa shape index (κ1) is 28.4. The minimum Gasteiger partial charge on any atom is -0.508 e. The molecule has 0 spiro atoms. The van der Waals surface area contributed by atoms with E-state index in [0.717, 1.165) is 64.4 Å². The number of benzene rings is 1. The highest BCUT2D eigenvalue weighted by Gasteiger charge is 2.19. The summed E-state index contributed by atoms with van der Waals surface area (Å²) in [6.45, 7) is 12.5. The zero-order valence-electron chi connectivity index (χ0n) is 22.7. The Kier molecular flexibility index (Phi) is 10.4. The van der Waals surface area contributed by atoms with Crippen molar-refractivity contribution in [3.05, 3.63) is 52.2 Å². The van der Waals surface area contributed by atoms with Gasteiger partial charge in [0.25, 0.3) is 0 Å². The van der Waals surface area contributed by atoms with Gasteiger partial charge in [-0.1, -0.05) is 46.6 Å². The van der Waals surface area contributed by atoms with Crippen LogP contribution in [-0.4, -0.2) is 41.2 Å². The molecule has 0 aliphatic rings. The van der Waals surface area contributed by atoms with Crippen molar-refractivity contribution in [2.45, 2.75) is 73.8 Å². The number of Topliss-reactive ketones (excluding diaryl/α,β-unsaturated/α-hetero) is 1. The number of carbonyl (C=O) groups excluding carboxylic acids is 2. The standard InChI is InChI=1S/C30H42N2O3/c1-9-11-24(22(6)34)25(21(5)18-33)15-20(4)30-23(14-19(3)10-2)16-26-27(17-32(7)8)29(35)13-12-28(26)31-30/h12-13,15-16,18-19,21,35H,9-11,14,17H2,1-8H3/b20-15+,25-24+. The second-order valence-corrected chi connectivity index (χ2v) is 10.1. The highest BCUT2D eigenvalue weighted by atomic mass is 16.3. The molecule has 2 unspecified atom stereocenters. The van der Waals surface area contributed by atoms with Gasteiger partial charge in [-0.15, -0.1) is 0 Å². The van der Waals surface area contributed by atoms with Gasteiger partial charge >= 0.3 is 0 Å². The second-order valence-electron chi connectivity index (χ2n) is 10.1. The Balaban J connectivity index is 2.83. The van der Waals surface area contributed by atoms with Crippen molar-refractivity contribution in [1.82, 2.24) is 9.88 Å². The number of phenolic OH excluding ortho intramolecular Hbond substituents is 1. The van der Waals surface area contributed by atoms with Gasteiger partial charge in [-0.05, 0) is 87.2 Å². The summed E-state index contributed by atoms with van der Waals surface area (Å²) in [5, 5.41) is 11.5. The van der Waals surface area contributed by atoms with Crippen molar-refractivity contribution in [1.29, 1.82) is 0 Å². The minimum absolute atomic E-state index is 0.00898. The first-order chi connectivity index (χ1) is 16.5. The summed E-state index contributed by atoms with van der Waals surface area (Å²) in [5.41, 5.74) is 6.13. The number of nitrogens with zero attached hydrogens (tertiary/aromatic N) is 2. The molecule has 0 bridgehead atoms. The largest absolute Gasteiger partial charge is 0.508 e. The quantitative estimate of drug-likeness (QED) is 0.214. The maximum Gasteiger partial charge on any atom is 0.156 e. The van der Waals surface area contributed by atoms with E-state index in [1.807, 2.05) is 51.9 Å². The lowest BCUT2D eigenvalue weighted by Gasteiger charge is -2.19. The van der Waals surface area contributed by atoms with Gasteiger partial charge in [0, 0.05) is 23.4 Å². The number of hydrogen-bond acceptors (Lipinski definition) is 5. The van der Waals surface area contributed by atoms with Gasteiger partial charge in [0.1, 0.15) is 12.0 Å². The predicted octanol–water partition coefficient (Wildman–Crippen LogP) is 6.51. The summed E-state index contributed by atoms with van der Waals surface area (Å²) in [6, 6.07) is 5.74. The van der Waals surface area contributed by atoms with Crippen LogP contribution in [0, 0.1) is 11.8 Å². The number of ketones is 1. The van der Waals surface area contributed by atoms with E-state index in [2.05, 4.69) is 19.9 Å². The van der Waals surface area contributed by atoms with E-state index >= 15 is 0 Å². The zero-order valence-corrected chi connectivity index (χ0v) is 22.7. The molecule has 1 N–H and O–H groups in total. The number of aromatic hydroxyl groups is 1. The number of phenols is 1. The molecule has 0 radical (unpaired) electrons. The van der Waals surface area contributed by atoms with E-state index in [-0.39, 0.29) is 17.5 Å². The third kappa shape index (κ3) is 7.11. The Bertz CT molecular complexity index is 1130. The Morgan fingerprint density at radius 1 is 1.17 bits per heavy atom. The number of allylic oxidation sites excluding steroid dienone is 4. The molecule has 2 rings (SSSR count). The third-order valence-corrected chi connectivity index (χ3v) is 6.62. The van der Waals surface area contributed by atoms with Gasteiger partial charge in [-0.3, -0.25) is 4.79 Å². The lowest BCUT2D eigenvalue weighted by atomic mass is 9.88. The molecule has 1 heterocycles. The van der Waals surface area contributed by atoms with E-state index in [1.165, 1.54) is 0 Å². The summed E-state index contributed by atoms with van der Waals surface area (Å²) in [7, 11) is 3.97. The van der Waals surface area contributed by atoms with E-state index in [9.17, 15) is 14.7 Å². The van der Waals surface area contributed by atoms with Crippen LogP contribution >= 0.6 is 0 Å². The molecule has 5 heteroatoms. The van der Waals surface area contributed by atoms with Gasteiger partial charge in [0.2, 0.25) is 0 Å². The van der Waals surface area contributed by atoms with Crippen LogP contribution in [0.15, 0.2) is 35.4 Å². The number of carbonyl (C=O) groups is 2. The Labute approximate surface area is 210 Å². The molecule has 0 saturated heterocycles. The lowest BCUT2D eigenvalue weighted by molar-refractivity contribution is -0.113. The average molecular weight is 479 g/mol. The van der Waals surface area contributed by atoms with Crippen LogP contribution in [0.25, 0.3) is 16.5 Å². The summed E-state index contributed by atoms with van der Waals surface area (Å²) >= 11 is 0. The number of pyridine rings is 1. The number of aldehydes is 1. The lowest BCUT2D eigenvalue weighted by Crippen LogP contribution is -2.12. The SMILES string of the molecule is CCC/C(C(C)=O)=C(/C=C(\C)c1nc2ccc(O)c(CN(C)C)c2cc1CC(C)CC)C(C)C=O. The maximum absolute atomic E-state index is 12.5. The molecule has 190 valence electrons. The fourth-order valence-corrected chi connectivity index (χ4v) is 4.48. The summed E-state index contributed by atoms with van der Waals surface area (Å²) in [5.74, 6) is 0.373. The molecule has 0 amide bonds. The van der Waals surface area contributed by atoms with Crippen molar-refractivity contribution in [2.24, 2.45) is 11.8 Å². The molecule has 1 aromatic heterocycles. The molecule has 2 aromatic rings. The molecule has 0 aliphatic carbocycles. The first-order valence-electron chi connectivity index (χ1n) is 12.7. The van der Waals surface area contributed by atoms with Crippen LogP contribution in [0.5, 0.6) is 5.75 Å². The van der Waals surface area contributed by atoms with Crippen LogP contribution in [-0.2, 0) is 22.6 Å². The Morgan fingerprint density at radius 2 is 1.86 bits per heavy atom. The normalized spacial score (nSPS) is 14.7. The average Bonchev–Trinajstić information content (AvgIpc) is 2.81. The van der Waals surface area contributed by atoms with Crippen molar-refractivity contribution >= 4 is 28.5 Å². The molecule has 2 atom stereocenters. The van der Waals surface area contributed by atoms with Crippen molar-refractivity contribution < 1.29 is 14.7 Å². The highest BCUT2D eigenvalue weighted by Crippen LogP contribution is 2.33. The van der Waals surface area contributed by atoms with Gasteiger partial charge < -0.3 is 14.8 Å². The number of fused-ring (bicyclic) bond motifs is 1. The Morgan fingerprint density at radius 3 is 2.40 bits per heavy atom. The van der Waals surface area contributed by atoms with E-state index < -0.39 is 0 Å². The highest BCUT2D eigenvalue weighted by molar-refractivity contribution is 5.96. The third-order valence-electron chi connectivity index (χ3n) is 6.62. The fourth-order valence-electron chi connectivity index (χ4n) is 4.48. The van der Waals surface area contributed by atoms with Crippen molar-refractivity contribution in [3.63, 3.8) is 0 Å². The van der Waals surface area contributed by atoms with Crippen molar-refractivity contribution in [2.75, 3.05) is 14.1 Å². The van der Waals surface area contributed by atoms with Gasteiger partial charge in [0.15, 0.2) is 5.78 Å². The minimum atomic E-state index is -0.377. The first-order valence-corrected chi connectivity index (χ1v) is 12.7. The van der Waals surface area contributed by atoms with Crippen LogP contribution < -0.4 is 0 Å². The molecule has 0 saturated carbocycles. The number of hydrogen-bond donors (Lipinski definition) is 1. The smallest absolute Gasteiger partial charge is 0.156 e. The molecule has 5 nitrogen and oxygen atoms in total. The molecule has 0 fully saturated rings. The Hall–Kier alpha value is -2.79. The van der Waals surface area contributed by atoms with E-state index in [4.69, 9.17) is 4.98 Å². The fraction of sp³-hybridized carbons (Fsp3) is 0.500. The van der Waals surface area contributed by atoms with E-state index in [1.54, 1.807) is 13.0 Å². The number of rotatable bonds is 12. The summed E-state index contributed by atoms with van der Waals surface area (Å²) in [4.78, 5) is 31.3. The molecule has 1 aromatic carbocycles. The summed E-state index contributed by atoms with van der Waals surface area (Å²) < 4.78 is 0. The van der Waals surface area contributed by atoms with Crippen LogP contribution in [0.1, 0.15) is 77.6 Å². The number of aromatic nitrogens is 1. The molecular formula is C30H42N2O3. The predicted molar refractivity (Wildman–Crippen MR) is 145 cm³/mol. The summed E-state index contributed by atoms with van der Waals surface area (Å²) in [6.07, 6.45) is 6.27. The van der Waals surface area contributed by atoms with E-state index in [0.29, 0.717) is 24.5 Å². The monoisotopic (exact) mass is 478 g/mol. The van der Waals surface area contributed by atoms with Crippen LogP contribution in [0.3, 0.4) is 0 Å². The zero-order chi connectivity index (χ0) is 26.3. The van der Waals surface area contributed by atoms with Crippen LogP contribution in [0.2, 0.25) is 0 Å². The molecule has 0 aliphatic heterocycles. The van der Waals surface area contributed by atoms with Gasteiger partial charge in [-0.25, -0.2) is 4.98 Å². The topological polar surface area (TPSA) is 70.5 Å². The molecule has 35 heavy (non-hydrogen) atoms. The van der Waals surface area contributed by atoms with Gasteiger partial charge in [0.05, 0.1) is 11.2 Å².